The highest BCUT2D eigenvalue weighted by Crippen LogP contribution is 2.29. The van der Waals surface area contributed by atoms with Crippen LogP contribution in [-0.4, -0.2) is 29.6 Å². The van der Waals surface area contributed by atoms with Gasteiger partial charge in [0, 0.05) is 25.0 Å². The standard InChI is InChI=1S/C18H16N4O5/c1-27-16-9-7-13(22(25)26)11-15(16)19-18(24)14-8-10-17(23)21(20-14)12-5-3-2-4-6-12/h2-7,9,11H,8,10H2,1H3,(H,19,24). The molecule has 2 aromatic rings. The number of hydrazone groups is 1. The Hall–Kier alpha value is -3.75. The van der Waals surface area contributed by atoms with Gasteiger partial charge in [-0.3, -0.25) is 19.7 Å². The molecule has 0 fully saturated rings. The van der Waals surface area contributed by atoms with Crippen LogP contribution in [0.1, 0.15) is 12.8 Å². The zero-order valence-corrected chi connectivity index (χ0v) is 14.4. The van der Waals surface area contributed by atoms with Gasteiger partial charge in [0.25, 0.3) is 11.6 Å². The molecular formula is C18H16N4O5. The highest BCUT2D eigenvalue weighted by molar-refractivity contribution is 6.44. The highest BCUT2D eigenvalue weighted by Gasteiger charge is 2.26. The van der Waals surface area contributed by atoms with Gasteiger partial charge in [-0.15, -0.1) is 0 Å². The number of nitrogens with zero attached hydrogens (tertiary/aromatic N) is 3. The Morgan fingerprint density at radius 2 is 1.96 bits per heavy atom. The molecule has 0 bridgehead atoms. The Balaban J connectivity index is 1.87. The lowest BCUT2D eigenvalue weighted by molar-refractivity contribution is -0.384. The normalized spacial score (nSPS) is 13.7. The van der Waals surface area contributed by atoms with Crippen LogP contribution in [0.4, 0.5) is 17.1 Å². The summed E-state index contributed by atoms with van der Waals surface area (Å²) in [4.78, 5) is 35.1. The van der Waals surface area contributed by atoms with E-state index in [9.17, 15) is 19.7 Å². The van der Waals surface area contributed by atoms with E-state index in [4.69, 9.17) is 4.74 Å². The zero-order chi connectivity index (χ0) is 19.4. The third-order valence-corrected chi connectivity index (χ3v) is 3.94. The van der Waals surface area contributed by atoms with E-state index < -0.39 is 10.8 Å². The van der Waals surface area contributed by atoms with Crippen LogP contribution in [0.2, 0.25) is 0 Å². The van der Waals surface area contributed by atoms with E-state index in [2.05, 4.69) is 10.4 Å². The van der Waals surface area contributed by atoms with Crippen LogP contribution in [0, 0.1) is 10.1 Å². The van der Waals surface area contributed by atoms with Crippen molar-refractivity contribution in [3.8, 4) is 5.75 Å². The summed E-state index contributed by atoms with van der Waals surface area (Å²) in [7, 11) is 1.39. The molecule has 0 atom stereocenters. The minimum atomic E-state index is -0.566. The largest absolute Gasteiger partial charge is 0.495 e. The van der Waals surface area contributed by atoms with Crippen LogP contribution in [0.3, 0.4) is 0 Å². The summed E-state index contributed by atoms with van der Waals surface area (Å²) in [5, 5.41) is 18.9. The molecule has 0 saturated carbocycles. The van der Waals surface area contributed by atoms with Gasteiger partial charge in [0.15, 0.2) is 0 Å². The molecule has 0 saturated heterocycles. The maximum absolute atomic E-state index is 12.6. The Labute approximate surface area is 154 Å². The van der Waals surface area contributed by atoms with Crippen LogP contribution >= 0.6 is 0 Å². The smallest absolute Gasteiger partial charge is 0.272 e. The first-order valence-corrected chi connectivity index (χ1v) is 8.09. The van der Waals surface area contributed by atoms with Gasteiger partial charge in [-0.25, -0.2) is 5.01 Å². The van der Waals surface area contributed by atoms with Crippen molar-refractivity contribution in [3.05, 3.63) is 58.6 Å². The molecule has 0 unspecified atom stereocenters. The molecule has 2 amide bonds. The second-order valence-corrected chi connectivity index (χ2v) is 5.68. The summed E-state index contributed by atoms with van der Waals surface area (Å²) in [5.74, 6) is -0.491. The average Bonchev–Trinajstić information content (AvgIpc) is 2.68. The Morgan fingerprint density at radius 1 is 1.22 bits per heavy atom. The maximum Gasteiger partial charge on any atom is 0.272 e. The highest BCUT2D eigenvalue weighted by atomic mass is 16.6. The minimum absolute atomic E-state index is 0.132. The number of benzene rings is 2. The Bertz CT molecular complexity index is 927. The molecule has 1 heterocycles. The fraction of sp³-hybridized carbons (Fsp3) is 0.167. The molecular weight excluding hydrogens is 352 g/mol. The number of ether oxygens (including phenoxy) is 1. The number of anilines is 2. The number of nitro groups is 1. The van der Waals surface area contributed by atoms with E-state index in [1.165, 1.54) is 30.3 Å². The molecule has 1 aliphatic heterocycles. The van der Waals surface area contributed by atoms with Crippen LogP contribution < -0.4 is 15.1 Å². The lowest BCUT2D eigenvalue weighted by Gasteiger charge is -2.23. The molecule has 0 radical (unpaired) electrons. The number of nitrogens with one attached hydrogen (secondary N) is 1. The first-order valence-electron chi connectivity index (χ1n) is 8.09. The summed E-state index contributed by atoms with van der Waals surface area (Å²) < 4.78 is 5.13. The lowest BCUT2D eigenvalue weighted by atomic mass is 10.1. The molecule has 0 aliphatic carbocycles. The van der Waals surface area contributed by atoms with E-state index in [1.54, 1.807) is 24.3 Å². The van der Waals surface area contributed by atoms with Crippen LogP contribution in [0.15, 0.2) is 53.6 Å². The van der Waals surface area contributed by atoms with E-state index in [0.29, 0.717) is 5.69 Å². The summed E-state index contributed by atoms with van der Waals surface area (Å²) >= 11 is 0. The van der Waals surface area contributed by atoms with Gasteiger partial charge in [-0.1, -0.05) is 18.2 Å². The molecule has 9 heteroatoms. The summed E-state index contributed by atoms with van der Waals surface area (Å²) in [6, 6.07) is 12.7. The molecule has 1 aliphatic rings. The monoisotopic (exact) mass is 368 g/mol. The van der Waals surface area contributed by atoms with Crippen molar-refractivity contribution in [1.29, 1.82) is 0 Å². The number of amides is 2. The van der Waals surface area contributed by atoms with E-state index in [-0.39, 0.29) is 41.6 Å². The average molecular weight is 368 g/mol. The van der Waals surface area contributed by atoms with Crippen molar-refractivity contribution in [1.82, 2.24) is 0 Å². The number of rotatable bonds is 5. The van der Waals surface area contributed by atoms with Crippen molar-refractivity contribution in [3.63, 3.8) is 0 Å². The minimum Gasteiger partial charge on any atom is -0.495 e. The van der Waals surface area contributed by atoms with Crippen LogP contribution in [0.5, 0.6) is 5.75 Å². The van der Waals surface area contributed by atoms with Crippen molar-refractivity contribution < 1.29 is 19.2 Å². The zero-order valence-electron chi connectivity index (χ0n) is 14.4. The van der Waals surface area contributed by atoms with Crippen LogP contribution in [0.25, 0.3) is 0 Å². The SMILES string of the molecule is COc1ccc([N+](=O)[O-])cc1NC(=O)C1=NN(c2ccccc2)C(=O)CC1. The predicted molar refractivity (Wildman–Crippen MR) is 98.9 cm³/mol. The first-order chi connectivity index (χ1) is 13.0. The van der Waals surface area contributed by atoms with E-state index in [1.807, 2.05) is 6.07 Å². The lowest BCUT2D eigenvalue weighted by Crippen LogP contribution is -2.36. The van der Waals surface area contributed by atoms with Gasteiger partial charge in [-0.05, 0) is 18.2 Å². The Morgan fingerprint density at radius 3 is 2.63 bits per heavy atom. The second kappa shape index (κ2) is 7.65. The Kier molecular flexibility index (Phi) is 5.11. The number of hydrogen-bond donors (Lipinski definition) is 1. The predicted octanol–water partition coefficient (Wildman–Crippen LogP) is 2.72. The van der Waals surface area contributed by atoms with Gasteiger partial charge in [0.1, 0.15) is 11.5 Å². The molecule has 138 valence electrons. The number of methoxy groups -OCH3 is 1. The van der Waals surface area contributed by atoms with Crippen molar-refractivity contribution in [2.24, 2.45) is 5.10 Å². The maximum atomic E-state index is 12.6. The van der Waals surface area contributed by atoms with Crippen molar-refractivity contribution >= 4 is 34.6 Å². The number of hydrogen-bond acceptors (Lipinski definition) is 6. The summed E-state index contributed by atoms with van der Waals surface area (Å²) in [6.07, 6.45) is 0.304. The molecule has 27 heavy (non-hydrogen) atoms. The summed E-state index contributed by atoms with van der Waals surface area (Å²) in [5.41, 5.74) is 0.674. The number of nitro benzene ring substituents is 1. The first kappa shape index (κ1) is 18.1. The quantitative estimate of drug-likeness (QED) is 0.644. The third kappa shape index (κ3) is 3.92. The molecule has 0 aromatic heterocycles. The second-order valence-electron chi connectivity index (χ2n) is 5.68. The molecule has 0 spiro atoms. The van der Waals surface area contributed by atoms with Gasteiger partial charge in [0.2, 0.25) is 5.91 Å². The van der Waals surface area contributed by atoms with Gasteiger partial charge >= 0.3 is 0 Å². The molecule has 1 N–H and O–H groups in total. The molecule has 2 aromatic carbocycles. The van der Waals surface area contributed by atoms with Crippen molar-refractivity contribution in [2.75, 3.05) is 17.4 Å². The molecule has 9 nitrogen and oxygen atoms in total. The number of carbonyl (C=O) groups is 2. The number of carbonyl (C=O) groups excluding carboxylic acids is 2. The van der Waals surface area contributed by atoms with E-state index in [0.717, 1.165) is 0 Å². The fourth-order valence-corrected chi connectivity index (χ4v) is 2.59. The van der Waals surface area contributed by atoms with Gasteiger partial charge < -0.3 is 10.1 Å². The van der Waals surface area contributed by atoms with Crippen LogP contribution in [-0.2, 0) is 9.59 Å². The van der Waals surface area contributed by atoms with Gasteiger partial charge in [0.05, 0.1) is 23.4 Å². The topological polar surface area (TPSA) is 114 Å². The van der Waals surface area contributed by atoms with Gasteiger partial charge in [-0.2, -0.15) is 5.10 Å². The van der Waals surface area contributed by atoms with E-state index >= 15 is 0 Å². The molecule has 3 rings (SSSR count). The van der Waals surface area contributed by atoms with Crippen molar-refractivity contribution in [2.45, 2.75) is 12.8 Å². The fourth-order valence-electron chi connectivity index (χ4n) is 2.59. The summed E-state index contributed by atoms with van der Waals surface area (Å²) in [6.45, 7) is 0. The number of para-hydroxylation sites is 1. The third-order valence-electron chi connectivity index (χ3n) is 3.94. The number of non-ortho nitro benzene ring substituents is 1.